The van der Waals surface area contributed by atoms with Gasteiger partial charge in [0.25, 0.3) is 5.91 Å². The highest BCUT2D eigenvalue weighted by Crippen LogP contribution is 2.13. The molecule has 0 atom stereocenters. The van der Waals surface area contributed by atoms with E-state index in [0.717, 1.165) is 0 Å². The van der Waals surface area contributed by atoms with Crippen LogP contribution in [0.3, 0.4) is 0 Å². The monoisotopic (exact) mass is 233 g/mol. The molecular weight excluding hydrogens is 222 g/mol. The van der Waals surface area contributed by atoms with Crippen LogP contribution in [0.2, 0.25) is 0 Å². The van der Waals surface area contributed by atoms with Crippen LogP contribution in [0, 0.1) is 6.92 Å². The van der Waals surface area contributed by atoms with E-state index in [4.69, 9.17) is 4.74 Å². The number of anilines is 1. The molecule has 0 aliphatic rings. The van der Waals surface area contributed by atoms with Gasteiger partial charge in [0.2, 0.25) is 5.82 Å². The van der Waals surface area contributed by atoms with Gasteiger partial charge in [-0.2, -0.15) is 0 Å². The zero-order valence-electron chi connectivity index (χ0n) is 9.43. The number of carbonyl (C=O) groups is 1. The fourth-order valence-corrected chi connectivity index (χ4v) is 1.27. The SMILES string of the molecule is COc1ccc(C(=O)Nc2nonc2C)cc1. The Morgan fingerprint density at radius 1 is 1.29 bits per heavy atom. The number of aryl methyl sites for hydroxylation is 1. The molecule has 6 heteroatoms. The summed E-state index contributed by atoms with van der Waals surface area (Å²) in [4.78, 5) is 11.8. The molecule has 1 aromatic heterocycles. The Labute approximate surface area is 97.5 Å². The predicted molar refractivity (Wildman–Crippen MR) is 60.0 cm³/mol. The van der Waals surface area contributed by atoms with E-state index in [0.29, 0.717) is 22.8 Å². The van der Waals surface area contributed by atoms with Crippen LogP contribution in [-0.2, 0) is 0 Å². The van der Waals surface area contributed by atoms with E-state index in [1.807, 2.05) is 0 Å². The first-order valence-corrected chi connectivity index (χ1v) is 4.95. The van der Waals surface area contributed by atoms with E-state index in [2.05, 4.69) is 20.3 Å². The molecule has 0 radical (unpaired) electrons. The minimum Gasteiger partial charge on any atom is -0.497 e. The standard InChI is InChI=1S/C11H11N3O3/c1-7-10(14-17-13-7)12-11(15)8-3-5-9(16-2)6-4-8/h3-6H,1-2H3,(H,12,14,15). The van der Waals surface area contributed by atoms with Crippen molar-refractivity contribution in [3.63, 3.8) is 0 Å². The number of benzene rings is 1. The molecule has 0 saturated heterocycles. The van der Waals surface area contributed by atoms with Crippen LogP contribution in [-0.4, -0.2) is 23.3 Å². The summed E-state index contributed by atoms with van der Waals surface area (Å²) in [6.07, 6.45) is 0. The zero-order valence-corrected chi connectivity index (χ0v) is 9.43. The van der Waals surface area contributed by atoms with Crippen LogP contribution in [0.4, 0.5) is 5.82 Å². The third-order valence-corrected chi connectivity index (χ3v) is 2.24. The number of hydrogen-bond donors (Lipinski definition) is 1. The van der Waals surface area contributed by atoms with E-state index >= 15 is 0 Å². The fraction of sp³-hybridized carbons (Fsp3) is 0.182. The second-order valence-electron chi connectivity index (χ2n) is 3.38. The molecule has 0 fully saturated rings. The zero-order chi connectivity index (χ0) is 12.3. The van der Waals surface area contributed by atoms with Gasteiger partial charge in [-0.3, -0.25) is 4.79 Å². The summed E-state index contributed by atoms with van der Waals surface area (Å²) in [5.74, 6) is 0.748. The maximum atomic E-state index is 11.8. The summed E-state index contributed by atoms with van der Waals surface area (Å²) in [7, 11) is 1.57. The van der Waals surface area contributed by atoms with Gasteiger partial charge in [0, 0.05) is 5.56 Å². The van der Waals surface area contributed by atoms with Crippen molar-refractivity contribution in [2.75, 3.05) is 12.4 Å². The number of aromatic nitrogens is 2. The lowest BCUT2D eigenvalue weighted by atomic mass is 10.2. The summed E-state index contributed by atoms with van der Waals surface area (Å²) in [6.45, 7) is 1.69. The van der Waals surface area contributed by atoms with E-state index < -0.39 is 0 Å². The lowest BCUT2D eigenvalue weighted by Crippen LogP contribution is -2.12. The van der Waals surface area contributed by atoms with Crippen LogP contribution in [0.5, 0.6) is 5.75 Å². The summed E-state index contributed by atoms with van der Waals surface area (Å²) in [5.41, 5.74) is 1.04. The van der Waals surface area contributed by atoms with Crippen molar-refractivity contribution in [3.8, 4) is 5.75 Å². The Morgan fingerprint density at radius 2 is 2.00 bits per heavy atom. The molecule has 0 aliphatic heterocycles. The highest BCUT2D eigenvalue weighted by molar-refractivity contribution is 6.03. The van der Waals surface area contributed by atoms with Gasteiger partial charge < -0.3 is 10.1 Å². The number of ether oxygens (including phenoxy) is 1. The molecule has 17 heavy (non-hydrogen) atoms. The molecule has 88 valence electrons. The average molecular weight is 233 g/mol. The van der Waals surface area contributed by atoms with Crippen LogP contribution < -0.4 is 10.1 Å². The smallest absolute Gasteiger partial charge is 0.256 e. The number of rotatable bonds is 3. The first-order chi connectivity index (χ1) is 8.20. The molecule has 0 unspecified atom stereocenters. The molecule has 2 aromatic rings. The Balaban J connectivity index is 2.12. The number of methoxy groups -OCH3 is 1. The van der Waals surface area contributed by atoms with Crippen molar-refractivity contribution in [3.05, 3.63) is 35.5 Å². The highest BCUT2D eigenvalue weighted by atomic mass is 16.6. The topological polar surface area (TPSA) is 77.2 Å². The molecule has 6 nitrogen and oxygen atoms in total. The van der Waals surface area contributed by atoms with Gasteiger partial charge in [0.1, 0.15) is 11.4 Å². The molecule has 1 aromatic carbocycles. The molecular formula is C11H11N3O3. The molecule has 0 spiro atoms. The van der Waals surface area contributed by atoms with Gasteiger partial charge in [-0.15, -0.1) is 0 Å². The second kappa shape index (κ2) is 4.65. The minimum absolute atomic E-state index is 0.272. The molecule has 0 aliphatic carbocycles. The first-order valence-electron chi connectivity index (χ1n) is 4.95. The van der Waals surface area contributed by atoms with Crippen molar-refractivity contribution >= 4 is 11.7 Å². The number of carbonyl (C=O) groups excluding carboxylic acids is 1. The Kier molecular flexibility index (Phi) is 3.04. The summed E-state index contributed by atoms with van der Waals surface area (Å²) >= 11 is 0. The lowest BCUT2D eigenvalue weighted by molar-refractivity contribution is 0.102. The molecule has 1 heterocycles. The molecule has 1 amide bonds. The van der Waals surface area contributed by atoms with Gasteiger partial charge in [0.15, 0.2) is 0 Å². The summed E-state index contributed by atoms with van der Waals surface area (Å²) in [5, 5.41) is 9.74. The second-order valence-corrected chi connectivity index (χ2v) is 3.38. The molecule has 0 saturated carbocycles. The molecule has 1 N–H and O–H groups in total. The first kappa shape index (κ1) is 11.1. The van der Waals surface area contributed by atoms with E-state index in [1.54, 1.807) is 38.3 Å². The van der Waals surface area contributed by atoms with Crippen molar-refractivity contribution in [1.82, 2.24) is 10.3 Å². The van der Waals surface area contributed by atoms with Crippen molar-refractivity contribution in [2.24, 2.45) is 0 Å². The van der Waals surface area contributed by atoms with Crippen molar-refractivity contribution < 1.29 is 14.2 Å². The molecule has 2 rings (SSSR count). The normalized spacial score (nSPS) is 10.0. The van der Waals surface area contributed by atoms with Crippen LogP contribution in [0.25, 0.3) is 0 Å². The van der Waals surface area contributed by atoms with Crippen LogP contribution in [0.15, 0.2) is 28.9 Å². The summed E-state index contributed by atoms with van der Waals surface area (Å²) < 4.78 is 9.49. The molecule has 0 bridgehead atoms. The van der Waals surface area contributed by atoms with E-state index in [1.165, 1.54) is 0 Å². The third kappa shape index (κ3) is 2.41. The fourth-order valence-electron chi connectivity index (χ4n) is 1.27. The van der Waals surface area contributed by atoms with Crippen molar-refractivity contribution in [2.45, 2.75) is 6.92 Å². The Bertz CT molecular complexity index is 519. The number of hydrogen-bond acceptors (Lipinski definition) is 5. The van der Waals surface area contributed by atoms with Crippen LogP contribution in [0.1, 0.15) is 16.1 Å². The van der Waals surface area contributed by atoms with E-state index in [-0.39, 0.29) is 5.91 Å². The van der Waals surface area contributed by atoms with Gasteiger partial charge >= 0.3 is 0 Å². The van der Waals surface area contributed by atoms with Gasteiger partial charge in [-0.05, 0) is 36.3 Å². The number of nitrogens with one attached hydrogen (secondary N) is 1. The van der Waals surface area contributed by atoms with Gasteiger partial charge in [-0.1, -0.05) is 5.16 Å². The van der Waals surface area contributed by atoms with Gasteiger partial charge in [0.05, 0.1) is 7.11 Å². The van der Waals surface area contributed by atoms with E-state index in [9.17, 15) is 4.79 Å². The van der Waals surface area contributed by atoms with Gasteiger partial charge in [-0.25, -0.2) is 4.63 Å². The maximum Gasteiger partial charge on any atom is 0.256 e. The quantitative estimate of drug-likeness (QED) is 0.871. The Hall–Kier alpha value is -2.37. The maximum absolute atomic E-state index is 11.8. The highest BCUT2D eigenvalue weighted by Gasteiger charge is 2.11. The Morgan fingerprint density at radius 3 is 2.53 bits per heavy atom. The van der Waals surface area contributed by atoms with Crippen LogP contribution >= 0.6 is 0 Å². The summed E-state index contributed by atoms with van der Waals surface area (Å²) in [6, 6.07) is 6.75. The minimum atomic E-state index is -0.272. The predicted octanol–water partition coefficient (Wildman–Crippen LogP) is 1.64. The average Bonchev–Trinajstić information content (AvgIpc) is 2.75. The number of amides is 1. The third-order valence-electron chi connectivity index (χ3n) is 2.24. The largest absolute Gasteiger partial charge is 0.497 e. The number of nitrogens with zero attached hydrogens (tertiary/aromatic N) is 2. The lowest BCUT2D eigenvalue weighted by Gasteiger charge is -2.03. The van der Waals surface area contributed by atoms with Crippen molar-refractivity contribution in [1.29, 1.82) is 0 Å².